The first-order chi connectivity index (χ1) is 14.7. The minimum absolute atomic E-state index is 0. The summed E-state index contributed by atoms with van der Waals surface area (Å²) in [5, 5.41) is 7.02. The van der Waals surface area contributed by atoms with Gasteiger partial charge in [0.2, 0.25) is 0 Å². The number of pyridine rings is 1. The van der Waals surface area contributed by atoms with Gasteiger partial charge in [0.15, 0.2) is 5.96 Å². The van der Waals surface area contributed by atoms with Crippen LogP contribution in [0.3, 0.4) is 0 Å². The summed E-state index contributed by atoms with van der Waals surface area (Å²) in [5.74, 6) is 1.90. The molecule has 2 N–H and O–H groups in total. The topological polar surface area (TPSA) is 55.8 Å². The first-order valence-corrected chi connectivity index (χ1v) is 11.1. The number of halogens is 1. The molecule has 3 rings (SSSR count). The normalized spacial score (nSPS) is 15.3. The quantitative estimate of drug-likeness (QED) is 0.305. The van der Waals surface area contributed by atoms with E-state index in [1.54, 1.807) is 0 Å². The van der Waals surface area contributed by atoms with Gasteiger partial charge in [-0.2, -0.15) is 0 Å². The van der Waals surface area contributed by atoms with E-state index >= 15 is 0 Å². The number of hydrogen-bond donors (Lipinski definition) is 2. The van der Waals surface area contributed by atoms with Crippen LogP contribution in [0.5, 0.6) is 0 Å². The van der Waals surface area contributed by atoms with Crippen molar-refractivity contribution in [2.45, 2.75) is 45.8 Å². The van der Waals surface area contributed by atoms with Crippen LogP contribution in [0.2, 0.25) is 0 Å². The Labute approximate surface area is 204 Å². The monoisotopic (exact) mass is 536 g/mol. The fourth-order valence-electron chi connectivity index (χ4n) is 3.91. The average Bonchev–Trinajstić information content (AvgIpc) is 2.80. The molecule has 1 aliphatic heterocycles. The van der Waals surface area contributed by atoms with E-state index in [0.29, 0.717) is 6.04 Å². The van der Waals surface area contributed by atoms with Crippen molar-refractivity contribution in [3.63, 3.8) is 0 Å². The van der Waals surface area contributed by atoms with Gasteiger partial charge in [-0.3, -0.25) is 9.89 Å². The number of aliphatic imine (C=N–C) groups is 1. The molecule has 0 amide bonds. The molecule has 0 radical (unpaired) electrons. The number of guanidine groups is 1. The summed E-state index contributed by atoms with van der Waals surface area (Å²) in [5.41, 5.74) is 2.55. The number of rotatable bonds is 8. The molecule has 0 spiro atoms. The Balaban J connectivity index is 0.00000341. The van der Waals surface area contributed by atoms with Crippen LogP contribution in [0.15, 0.2) is 53.7 Å². The van der Waals surface area contributed by atoms with Crippen molar-refractivity contribution in [3.05, 3.63) is 59.8 Å². The second-order valence-corrected chi connectivity index (χ2v) is 7.80. The average molecular weight is 537 g/mol. The zero-order valence-corrected chi connectivity index (χ0v) is 21.4. The molecule has 0 bridgehead atoms. The Bertz CT molecular complexity index is 768. The maximum Gasteiger partial charge on any atom is 0.191 e. The van der Waals surface area contributed by atoms with Gasteiger partial charge in [0, 0.05) is 58.6 Å². The third kappa shape index (κ3) is 7.96. The number of benzene rings is 1. The number of nitrogens with one attached hydrogen (secondary N) is 2. The van der Waals surface area contributed by atoms with Gasteiger partial charge in [0.05, 0.1) is 0 Å². The first kappa shape index (κ1) is 25.4. The molecule has 6 nitrogen and oxygen atoms in total. The van der Waals surface area contributed by atoms with Crippen LogP contribution in [-0.2, 0) is 13.1 Å². The molecule has 1 saturated heterocycles. The predicted molar refractivity (Wildman–Crippen MR) is 141 cm³/mol. The van der Waals surface area contributed by atoms with Crippen LogP contribution in [-0.4, -0.2) is 55.1 Å². The highest BCUT2D eigenvalue weighted by molar-refractivity contribution is 14.0. The van der Waals surface area contributed by atoms with E-state index in [4.69, 9.17) is 0 Å². The van der Waals surface area contributed by atoms with Gasteiger partial charge in [0.1, 0.15) is 5.82 Å². The number of likely N-dealkylation sites (tertiary alicyclic amines) is 1. The molecule has 0 saturated carbocycles. The van der Waals surface area contributed by atoms with E-state index in [2.05, 4.69) is 86.7 Å². The summed E-state index contributed by atoms with van der Waals surface area (Å²) < 4.78 is 0. The number of anilines is 1. The molecule has 2 aromatic rings. The van der Waals surface area contributed by atoms with E-state index < -0.39 is 0 Å². The van der Waals surface area contributed by atoms with Gasteiger partial charge >= 0.3 is 0 Å². The van der Waals surface area contributed by atoms with Crippen molar-refractivity contribution in [3.8, 4) is 0 Å². The van der Waals surface area contributed by atoms with Crippen molar-refractivity contribution in [2.75, 3.05) is 38.1 Å². The zero-order chi connectivity index (χ0) is 21.2. The Kier molecular flexibility index (Phi) is 11.1. The molecular weight excluding hydrogens is 499 g/mol. The van der Waals surface area contributed by atoms with Gasteiger partial charge < -0.3 is 15.5 Å². The van der Waals surface area contributed by atoms with Crippen LogP contribution in [0.25, 0.3) is 0 Å². The smallest absolute Gasteiger partial charge is 0.191 e. The predicted octanol–water partition coefficient (Wildman–Crippen LogP) is 3.88. The van der Waals surface area contributed by atoms with E-state index in [-0.39, 0.29) is 24.0 Å². The number of hydrogen-bond acceptors (Lipinski definition) is 4. The van der Waals surface area contributed by atoms with Crippen LogP contribution >= 0.6 is 24.0 Å². The summed E-state index contributed by atoms with van der Waals surface area (Å²) in [6, 6.07) is 15.4. The van der Waals surface area contributed by atoms with E-state index in [1.165, 1.54) is 5.56 Å². The maximum atomic E-state index is 4.60. The Morgan fingerprint density at radius 1 is 1.06 bits per heavy atom. The van der Waals surface area contributed by atoms with Crippen molar-refractivity contribution in [1.29, 1.82) is 0 Å². The molecule has 31 heavy (non-hydrogen) atoms. The lowest BCUT2D eigenvalue weighted by Crippen LogP contribution is -2.48. The van der Waals surface area contributed by atoms with Crippen molar-refractivity contribution in [2.24, 2.45) is 4.99 Å². The number of nitrogens with zero attached hydrogens (tertiary/aromatic N) is 4. The second kappa shape index (κ2) is 13.5. The van der Waals surface area contributed by atoms with Gasteiger partial charge in [-0.25, -0.2) is 4.98 Å². The SMILES string of the molecule is CCN(CC)c1ccc(CNC(=NC)NC2CCN(Cc3ccccc3)CC2)cn1.I. The molecule has 0 unspecified atom stereocenters. The Hall–Kier alpha value is -1.87. The third-order valence-electron chi connectivity index (χ3n) is 5.76. The lowest BCUT2D eigenvalue weighted by molar-refractivity contribution is 0.198. The molecule has 0 aliphatic carbocycles. The minimum Gasteiger partial charge on any atom is -0.357 e. The molecule has 1 aromatic heterocycles. The maximum absolute atomic E-state index is 4.60. The fraction of sp³-hybridized carbons (Fsp3) is 0.500. The van der Waals surface area contributed by atoms with Crippen LogP contribution in [0, 0.1) is 0 Å². The molecule has 1 aromatic carbocycles. The fourth-order valence-corrected chi connectivity index (χ4v) is 3.91. The summed E-state index contributed by atoms with van der Waals surface area (Å²) in [6.45, 7) is 10.2. The van der Waals surface area contributed by atoms with Gasteiger partial charge in [-0.1, -0.05) is 36.4 Å². The molecule has 170 valence electrons. The highest BCUT2D eigenvalue weighted by atomic mass is 127. The first-order valence-electron chi connectivity index (χ1n) is 11.1. The van der Waals surface area contributed by atoms with Crippen molar-refractivity contribution < 1.29 is 0 Å². The molecule has 2 heterocycles. The second-order valence-electron chi connectivity index (χ2n) is 7.80. The Morgan fingerprint density at radius 3 is 2.35 bits per heavy atom. The summed E-state index contributed by atoms with van der Waals surface area (Å²) in [4.78, 5) is 13.8. The zero-order valence-electron chi connectivity index (χ0n) is 19.1. The lowest BCUT2D eigenvalue weighted by Gasteiger charge is -2.33. The Morgan fingerprint density at radius 2 is 1.77 bits per heavy atom. The molecule has 1 aliphatic rings. The molecule has 1 fully saturated rings. The van der Waals surface area contributed by atoms with E-state index in [9.17, 15) is 0 Å². The van der Waals surface area contributed by atoms with Gasteiger partial charge in [-0.15, -0.1) is 24.0 Å². The third-order valence-corrected chi connectivity index (χ3v) is 5.76. The minimum atomic E-state index is 0. The molecule has 7 heteroatoms. The van der Waals surface area contributed by atoms with E-state index in [1.807, 2.05) is 13.2 Å². The highest BCUT2D eigenvalue weighted by Gasteiger charge is 2.20. The van der Waals surface area contributed by atoms with E-state index in [0.717, 1.165) is 69.5 Å². The largest absolute Gasteiger partial charge is 0.357 e. The standard InChI is InChI=1S/C24H36N6.HI/c1-4-30(5-2)23-12-11-21(17-26-23)18-27-24(25-3)28-22-13-15-29(16-14-22)19-20-9-7-6-8-10-20;/h6-12,17,22H,4-5,13-16,18-19H2,1-3H3,(H2,25,27,28);1H. The number of piperidine rings is 1. The van der Waals surface area contributed by atoms with Crippen molar-refractivity contribution >= 4 is 35.8 Å². The van der Waals surface area contributed by atoms with Gasteiger partial charge in [0.25, 0.3) is 0 Å². The highest BCUT2D eigenvalue weighted by Crippen LogP contribution is 2.14. The van der Waals surface area contributed by atoms with Crippen LogP contribution in [0.1, 0.15) is 37.8 Å². The molecular formula is C24H37IN6. The lowest BCUT2D eigenvalue weighted by atomic mass is 10.0. The summed E-state index contributed by atoms with van der Waals surface area (Å²) >= 11 is 0. The van der Waals surface area contributed by atoms with Gasteiger partial charge in [-0.05, 0) is 43.9 Å². The number of aromatic nitrogens is 1. The van der Waals surface area contributed by atoms with Crippen molar-refractivity contribution in [1.82, 2.24) is 20.5 Å². The van der Waals surface area contributed by atoms with Crippen LogP contribution in [0.4, 0.5) is 5.82 Å². The molecule has 0 atom stereocenters. The summed E-state index contributed by atoms with van der Waals surface area (Å²) in [7, 11) is 1.83. The summed E-state index contributed by atoms with van der Waals surface area (Å²) in [6.07, 6.45) is 4.22. The van der Waals surface area contributed by atoms with Crippen LogP contribution < -0.4 is 15.5 Å².